The third-order valence-corrected chi connectivity index (χ3v) is 3.26. The van der Waals surface area contributed by atoms with Crippen molar-refractivity contribution in [2.75, 3.05) is 12.4 Å². The number of methoxy groups -OCH3 is 1. The number of carbonyl (C=O) groups excluding carboxylic acids is 1. The number of non-ortho nitro benzene ring substituents is 1. The lowest BCUT2D eigenvalue weighted by atomic mass is 10.2. The smallest absolute Gasteiger partial charge is 0.323 e. The minimum atomic E-state index is -0.540. The number of halogens is 1. The zero-order valence-corrected chi connectivity index (χ0v) is 13.4. The van der Waals surface area contributed by atoms with Crippen LogP contribution in [0.5, 0.6) is 5.75 Å². The maximum absolute atomic E-state index is 11.9. The van der Waals surface area contributed by atoms with Crippen LogP contribution in [0.1, 0.15) is 5.56 Å². The third kappa shape index (κ3) is 4.72. The maximum Gasteiger partial charge on any atom is 0.323 e. The molecule has 7 nitrogen and oxygen atoms in total. The minimum absolute atomic E-state index is 0.125. The van der Waals surface area contributed by atoms with Crippen molar-refractivity contribution < 1.29 is 14.5 Å². The Kier molecular flexibility index (Phi) is 5.75. The predicted octanol–water partition coefficient (Wildman–Crippen LogP) is 4.05. The number of hydrogen-bond donors (Lipinski definition) is 2. The van der Waals surface area contributed by atoms with E-state index in [0.717, 1.165) is 5.56 Å². The summed E-state index contributed by atoms with van der Waals surface area (Å²) < 4.78 is 5.04. The first kappa shape index (κ1) is 17.3. The van der Waals surface area contributed by atoms with Gasteiger partial charge in [0.2, 0.25) is 0 Å². The fourth-order valence-electron chi connectivity index (χ4n) is 1.84. The number of carbonyl (C=O) groups is 1. The van der Waals surface area contributed by atoms with E-state index in [9.17, 15) is 14.9 Å². The Morgan fingerprint density at radius 2 is 1.96 bits per heavy atom. The Morgan fingerprint density at radius 1 is 1.25 bits per heavy atom. The highest BCUT2D eigenvalue weighted by Crippen LogP contribution is 2.28. The molecular formula is C16H14ClN3O4. The molecule has 0 spiro atoms. The van der Waals surface area contributed by atoms with Crippen molar-refractivity contribution in [3.8, 4) is 5.75 Å². The third-order valence-electron chi connectivity index (χ3n) is 3.00. The van der Waals surface area contributed by atoms with Crippen LogP contribution in [-0.4, -0.2) is 18.1 Å². The van der Waals surface area contributed by atoms with Crippen molar-refractivity contribution in [3.63, 3.8) is 0 Å². The molecule has 0 saturated carbocycles. The summed E-state index contributed by atoms with van der Waals surface area (Å²) in [7, 11) is 1.36. The molecule has 24 heavy (non-hydrogen) atoms. The number of nitro benzene ring substituents is 1. The molecular weight excluding hydrogens is 334 g/mol. The van der Waals surface area contributed by atoms with Crippen LogP contribution in [-0.2, 0) is 0 Å². The van der Waals surface area contributed by atoms with Crippen LogP contribution in [0.25, 0.3) is 6.08 Å². The summed E-state index contributed by atoms with van der Waals surface area (Å²) in [6, 6.07) is 10.5. The molecule has 0 unspecified atom stereocenters. The van der Waals surface area contributed by atoms with E-state index in [2.05, 4.69) is 10.6 Å². The van der Waals surface area contributed by atoms with Gasteiger partial charge in [0, 0.05) is 17.3 Å². The van der Waals surface area contributed by atoms with E-state index in [1.54, 1.807) is 30.3 Å². The Balaban J connectivity index is 1.99. The fraction of sp³-hybridized carbons (Fsp3) is 0.0625. The van der Waals surface area contributed by atoms with Gasteiger partial charge in [0.15, 0.2) is 0 Å². The molecule has 0 bridgehead atoms. The second kappa shape index (κ2) is 7.98. The number of urea groups is 1. The summed E-state index contributed by atoms with van der Waals surface area (Å²) in [5.41, 5.74) is 1.06. The molecule has 2 aromatic rings. The molecule has 2 amide bonds. The van der Waals surface area contributed by atoms with Gasteiger partial charge >= 0.3 is 6.03 Å². The lowest BCUT2D eigenvalue weighted by molar-refractivity contribution is -0.384. The SMILES string of the molecule is COc1cc([N+](=O)[O-])ccc1NC(=O)N/C=C/c1ccc(Cl)cc1. The van der Waals surface area contributed by atoms with E-state index >= 15 is 0 Å². The molecule has 0 heterocycles. The summed E-state index contributed by atoms with van der Waals surface area (Å²) >= 11 is 5.79. The number of hydrogen-bond acceptors (Lipinski definition) is 4. The molecule has 0 fully saturated rings. The summed E-state index contributed by atoms with van der Waals surface area (Å²) in [5, 5.41) is 16.4. The topological polar surface area (TPSA) is 93.5 Å². The van der Waals surface area contributed by atoms with Crippen molar-refractivity contribution in [2.24, 2.45) is 0 Å². The van der Waals surface area contributed by atoms with Gasteiger partial charge in [-0.15, -0.1) is 0 Å². The lowest BCUT2D eigenvalue weighted by Gasteiger charge is -2.09. The van der Waals surface area contributed by atoms with E-state index < -0.39 is 11.0 Å². The van der Waals surface area contributed by atoms with Gasteiger partial charge in [-0.25, -0.2) is 4.79 Å². The van der Waals surface area contributed by atoms with Crippen molar-refractivity contribution in [1.82, 2.24) is 5.32 Å². The number of anilines is 1. The van der Waals surface area contributed by atoms with E-state index in [4.69, 9.17) is 16.3 Å². The van der Waals surface area contributed by atoms with Crippen molar-refractivity contribution in [2.45, 2.75) is 0 Å². The molecule has 2 rings (SSSR count). The van der Waals surface area contributed by atoms with Crippen LogP contribution >= 0.6 is 11.6 Å². The van der Waals surface area contributed by atoms with Crippen LogP contribution in [0.2, 0.25) is 5.02 Å². The van der Waals surface area contributed by atoms with Gasteiger partial charge < -0.3 is 15.4 Å². The summed E-state index contributed by atoms with van der Waals surface area (Å²) in [5.74, 6) is 0.195. The average Bonchev–Trinajstić information content (AvgIpc) is 2.56. The maximum atomic E-state index is 11.9. The van der Waals surface area contributed by atoms with Crippen LogP contribution in [0.3, 0.4) is 0 Å². The molecule has 0 aromatic heterocycles. The first-order valence-corrected chi connectivity index (χ1v) is 7.19. The summed E-state index contributed by atoms with van der Waals surface area (Å²) in [6.45, 7) is 0. The van der Waals surface area contributed by atoms with Crippen molar-refractivity contribution >= 4 is 35.1 Å². The molecule has 0 aliphatic carbocycles. The van der Waals surface area contributed by atoms with E-state index in [-0.39, 0.29) is 11.4 Å². The van der Waals surface area contributed by atoms with Crippen LogP contribution in [0.15, 0.2) is 48.7 Å². The number of nitrogens with one attached hydrogen (secondary N) is 2. The first-order valence-electron chi connectivity index (χ1n) is 6.81. The molecule has 0 radical (unpaired) electrons. The number of ether oxygens (including phenoxy) is 1. The highest BCUT2D eigenvalue weighted by atomic mass is 35.5. The second-order valence-electron chi connectivity index (χ2n) is 4.63. The van der Waals surface area contributed by atoms with Gasteiger partial charge in [0.1, 0.15) is 5.75 Å². The van der Waals surface area contributed by atoms with Gasteiger partial charge in [0.25, 0.3) is 5.69 Å². The summed E-state index contributed by atoms with van der Waals surface area (Å²) in [4.78, 5) is 22.1. The fourth-order valence-corrected chi connectivity index (χ4v) is 1.97. The average molecular weight is 348 g/mol. The Morgan fingerprint density at radius 3 is 2.58 bits per heavy atom. The Labute approximate surface area is 143 Å². The van der Waals surface area contributed by atoms with Gasteiger partial charge in [-0.2, -0.15) is 0 Å². The Hall–Kier alpha value is -3.06. The highest BCUT2D eigenvalue weighted by Gasteiger charge is 2.12. The zero-order chi connectivity index (χ0) is 17.5. The molecule has 124 valence electrons. The number of nitrogens with zero attached hydrogens (tertiary/aromatic N) is 1. The van der Waals surface area contributed by atoms with Gasteiger partial charge in [-0.05, 0) is 29.8 Å². The number of rotatable bonds is 5. The quantitative estimate of drug-likeness (QED) is 0.630. The highest BCUT2D eigenvalue weighted by molar-refractivity contribution is 6.30. The monoisotopic (exact) mass is 347 g/mol. The molecule has 0 aliphatic heterocycles. The zero-order valence-electron chi connectivity index (χ0n) is 12.7. The van der Waals surface area contributed by atoms with Gasteiger partial charge in [-0.1, -0.05) is 23.7 Å². The molecule has 0 saturated heterocycles. The summed E-state index contributed by atoms with van der Waals surface area (Å²) in [6.07, 6.45) is 3.17. The number of amides is 2. The van der Waals surface area contributed by atoms with Crippen LogP contribution < -0.4 is 15.4 Å². The van der Waals surface area contributed by atoms with Crippen LogP contribution in [0, 0.1) is 10.1 Å². The molecule has 8 heteroatoms. The largest absolute Gasteiger partial charge is 0.494 e. The van der Waals surface area contributed by atoms with E-state index in [1.807, 2.05) is 0 Å². The first-order chi connectivity index (χ1) is 11.5. The normalized spacial score (nSPS) is 10.4. The minimum Gasteiger partial charge on any atom is -0.494 e. The second-order valence-corrected chi connectivity index (χ2v) is 5.06. The van der Waals surface area contributed by atoms with E-state index in [0.29, 0.717) is 10.7 Å². The van der Waals surface area contributed by atoms with E-state index in [1.165, 1.54) is 31.5 Å². The Bertz CT molecular complexity index is 775. The van der Waals surface area contributed by atoms with Crippen molar-refractivity contribution in [1.29, 1.82) is 0 Å². The lowest BCUT2D eigenvalue weighted by Crippen LogP contribution is -2.24. The molecule has 0 atom stereocenters. The predicted molar refractivity (Wildman–Crippen MR) is 92.3 cm³/mol. The number of benzene rings is 2. The van der Waals surface area contributed by atoms with Crippen LogP contribution in [0.4, 0.5) is 16.2 Å². The molecule has 2 N–H and O–H groups in total. The number of nitro groups is 1. The molecule has 0 aliphatic rings. The standard InChI is InChI=1S/C16H14ClN3O4/c1-24-15-10-13(20(22)23)6-7-14(15)19-16(21)18-9-8-11-2-4-12(17)5-3-11/h2-10H,1H3,(H2,18,19,21)/b9-8+. The van der Waals surface area contributed by atoms with Crippen molar-refractivity contribution in [3.05, 3.63) is 69.4 Å². The molecule has 2 aromatic carbocycles. The van der Waals surface area contributed by atoms with Gasteiger partial charge in [-0.3, -0.25) is 10.1 Å². The van der Waals surface area contributed by atoms with Gasteiger partial charge in [0.05, 0.1) is 23.8 Å².